The molecule has 3 fully saturated rings. The van der Waals surface area contributed by atoms with Gasteiger partial charge in [0.2, 0.25) is 0 Å². The number of aliphatic hydroxyl groups is 1. The number of β-amino-alcohol motifs (C(OH)–C–C–N with tert-alkyl or cyclic N) is 1. The highest BCUT2D eigenvalue weighted by molar-refractivity contribution is 5.15. The minimum absolute atomic E-state index is 0.252. The van der Waals surface area contributed by atoms with E-state index in [1.165, 1.54) is 44.1 Å². The molecule has 28 heavy (non-hydrogen) atoms. The Hall–Kier alpha value is -0.900. The van der Waals surface area contributed by atoms with Gasteiger partial charge >= 0.3 is 0 Å². The lowest BCUT2D eigenvalue weighted by Gasteiger charge is -2.43. The SMILES string of the molecule is CC1(C)[C@H]2CC[C@](C)(C2)[C@H]1OC[C@@H](O)CN1CCC(Cc2ccccc2)CC1. The summed E-state index contributed by atoms with van der Waals surface area (Å²) >= 11 is 0. The molecular formula is C25H39NO2. The fraction of sp³-hybridized carbons (Fsp3) is 0.760. The second-order valence-corrected chi connectivity index (χ2v) is 10.7. The van der Waals surface area contributed by atoms with Gasteiger partial charge in [0.05, 0.1) is 18.8 Å². The molecule has 1 aliphatic heterocycles. The number of ether oxygens (including phenoxy) is 1. The van der Waals surface area contributed by atoms with Crippen molar-refractivity contribution < 1.29 is 9.84 Å². The molecule has 0 amide bonds. The highest BCUT2D eigenvalue weighted by atomic mass is 16.5. The fourth-order valence-electron chi connectivity index (χ4n) is 6.55. The summed E-state index contributed by atoms with van der Waals surface area (Å²) in [5.41, 5.74) is 2.03. The fourth-order valence-corrected chi connectivity index (χ4v) is 6.55. The quantitative estimate of drug-likeness (QED) is 0.748. The molecular weight excluding hydrogens is 346 g/mol. The number of hydrogen-bond donors (Lipinski definition) is 1. The van der Waals surface area contributed by atoms with Gasteiger partial charge in [0.15, 0.2) is 0 Å². The van der Waals surface area contributed by atoms with Crippen LogP contribution in [-0.4, -0.2) is 48.5 Å². The number of piperidine rings is 1. The zero-order valence-electron chi connectivity index (χ0n) is 18.1. The van der Waals surface area contributed by atoms with Crippen molar-refractivity contribution in [1.82, 2.24) is 4.90 Å². The second-order valence-electron chi connectivity index (χ2n) is 10.7. The summed E-state index contributed by atoms with van der Waals surface area (Å²) in [6, 6.07) is 10.8. The molecule has 0 radical (unpaired) electrons. The Bertz CT molecular complexity index is 632. The van der Waals surface area contributed by atoms with Crippen molar-refractivity contribution in [3.8, 4) is 0 Å². The van der Waals surface area contributed by atoms with Crippen LogP contribution in [0.5, 0.6) is 0 Å². The summed E-state index contributed by atoms with van der Waals surface area (Å²) in [5.74, 6) is 1.57. The highest BCUT2D eigenvalue weighted by Crippen LogP contribution is 2.63. The van der Waals surface area contributed by atoms with Crippen molar-refractivity contribution >= 4 is 0 Å². The van der Waals surface area contributed by atoms with E-state index in [2.05, 4.69) is 56.0 Å². The standard InChI is InChI=1S/C25H39NO2/c1-24(2)21-9-12-25(3,16-21)23(24)28-18-22(27)17-26-13-10-20(11-14-26)15-19-7-5-4-6-8-19/h4-8,20-23,27H,9-18H2,1-3H3/t21-,22-,23-,25+/m0/s1. The molecule has 1 aromatic carbocycles. The number of nitrogens with zero attached hydrogens (tertiary/aromatic N) is 1. The van der Waals surface area contributed by atoms with E-state index in [-0.39, 0.29) is 11.5 Å². The van der Waals surface area contributed by atoms with Gasteiger partial charge in [0.1, 0.15) is 0 Å². The van der Waals surface area contributed by atoms with Gasteiger partial charge < -0.3 is 14.7 Å². The predicted octanol–water partition coefficient (Wildman–Crippen LogP) is 4.53. The first-order valence-electron chi connectivity index (χ1n) is 11.4. The van der Waals surface area contributed by atoms with Gasteiger partial charge in [-0.05, 0) is 79.8 Å². The minimum atomic E-state index is -0.371. The van der Waals surface area contributed by atoms with Gasteiger partial charge in [-0.3, -0.25) is 0 Å². The molecule has 4 atom stereocenters. The van der Waals surface area contributed by atoms with Crippen molar-refractivity contribution in [3.63, 3.8) is 0 Å². The Morgan fingerprint density at radius 1 is 1.11 bits per heavy atom. The smallest absolute Gasteiger partial charge is 0.0900 e. The van der Waals surface area contributed by atoms with Crippen LogP contribution in [0, 0.1) is 22.7 Å². The molecule has 0 aromatic heterocycles. The topological polar surface area (TPSA) is 32.7 Å². The van der Waals surface area contributed by atoms with Gasteiger partial charge in [-0.15, -0.1) is 0 Å². The Balaban J connectivity index is 1.20. The van der Waals surface area contributed by atoms with Crippen LogP contribution >= 0.6 is 0 Å². The minimum Gasteiger partial charge on any atom is -0.389 e. The molecule has 0 unspecified atom stereocenters. The summed E-state index contributed by atoms with van der Waals surface area (Å²) in [6.45, 7) is 10.6. The average molecular weight is 386 g/mol. The van der Waals surface area contributed by atoms with Crippen LogP contribution in [0.1, 0.15) is 58.4 Å². The molecule has 2 saturated carbocycles. The Morgan fingerprint density at radius 2 is 1.82 bits per heavy atom. The third-order valence-electron chi connectivity index (χ3n) is 8.14. The zero-order valence-corrected chi connectivity index (χ0v) is 18.1. The van der Waals surface area contributed by atoms with Crippen molar-refractivity contribution in [2.24, 2.45) is 22.7 Å². The summed E-state index contributed by atoms with van der Waals surface area (Å²) in [5, 5.41) is 10.6. The molecule has 3 nitrogen and oxygen atoms in total. The van der Waals surface area contributed by atoms with E-state index in [0.29, 0.717) is 18.1 Å². The molecule has 2 bridgehead atoms. The van der Waals surface area contributed by atoms with E-state index in [1.54, 1.807) is 0 Å². The molecule has 1 saturated heterocycles. The third kappa shape index (κ3) is 4.17. The maximum atomic E-state index is 10.6. The van der Waals surface area contributed by atoms with E-state index in [0.717, 1.165) is 31.5 Å². The molecule has 4 rings (SSSR count). The highest BCUT2D eigenvalue weighted by Gasteiger charge is 2.60. The van der Waals surface area contributed by atoms with Gasteiger partial charge in [0.25, 0.3) is 0 Å². The van der Waals surface area contributed by atoms with Crippen LogP contribution in [0.4, 0.5) is 0 Å². The van der Waals surface area contributed by atoms with E-state index < -0.39 is 0 Å². The van der Waals surface area contributed by atoms with Crippen molar-refractivity contribution in [2.45, 2.75) is 71.5 Å². The molecule has 0 spiro atoms. The first-order valence-corrected chi connectivity index (χ1v) is 11.4. The van der Waals surface area contributed by atoms with Crippen LogP contribution in [0.2, 0.25) is 0 Å². The van der Waals surface area contributed by atoms with Crippen molar-refractivity contribution in [2.75, 3.05) is 26.2 Å². The number of aliphatic hydroxyl groups excluding tert-OH is 1. The van der Waals surface area contributed by atoms with Gasteiger partial charge in [-0.2, -0.15) is 0 Å². The average Bonchev–Trinajstić information content (AvgIpc) is 3.15. The Labute approximate surface area is 171 Å². The van der Waals surface area contributed by atoms with E-state index in [1.807, 2.05) is 0 Å². The van der Waals surface area contributed by atoms with Crippen LogP contribution in [0.25, 0.3) is 0 Å². The zero-order chi connectivity index (χ0) is 19.8. The lowest BCUT2D eigenvalue weighted by atomic mass is 9.70. The van der Waals surface area contributed by atoms with E-state index >= 15 is 0 Å². The number of likely N-dealkylation sites (tertiary alicyclic amines) is 1. The Morgan fingerprint density at radius 3 is 2.46 bits per heavy atom. The molecule has 3 aliphatic rings. The first kappa shape index (κ1) is 20.4. The summed E-state index contributed by atoms with van der Waals surface area (Å²) < 4.78 is 6.38. The monoisotopic (exact) mass is 385 g/mol. The predicted molar refractivity (Wildman–Crippen MR) is 114 cm³/mol. The molecule has 1 aromatic rings. The maximum absolute atomic E-state index is 10.6. The van der Waals surface area contributed by atoms with Gasteiger partial charge in [-0.1, -0.05) is 51.1 Å². The van der Waals surface area contributed by atoms with Gasteiger partial charge in [0, 0.05) is 6.54 Å². The number of rotatable bonds is 7. The first-order chi connectivity index (χ1) is 13.4. The number of fused-ring (bicyclic) bond motifs is 2. The normalized spacial score (nSPS) is 34.0. The molecule has 156 valence electrons. The van der Waals surface area contributed by atoms with Crippen LogP contribution in [0.3, 0.4) is 0 Å². The second kappa shape index (κ2) is 8.08. The summed E-state index contributed by atoms with van der Waals surface area (Å²) in [4.78, 5) is 2.43. The number of hydrogen-bond acceptors (Lipinski definition) is 3. The molecule has 1 N–H and O–H groups in total. The molecule has 3 heteroatoms. The lowest BCUT2D eigenvalue weighted by molar-refractivity contribution is -0.114. The van der Waals surface area contributed by atoms with Crippen molar-refractivity contribution in [3.05, 3.63) is 35.9 Å². The summed E-state index contributed by atoms with van der Waals surface area (Å²) in [7, 11) is 0. The molecule has 1 heterocycles. The van der Waals surface area contributed by atoms with Crippen molar-refractivity contribution in [1.29, 1.82) is 0 Å². The largest absolute Gasteiger partial charge is 0.389 e. The number of benzene rings is 1. The van der Waals surface area contributed by atoms with E-state index in [4.69, 9.17) is 4.74 Å². The maximum Gasteiger partial charge on any atom is 0.0900 e. The summed E-state index contributed by atoms with van der Waals surface area (Å²) in [6.07, 6.45) is 7.53. The van der Waals surface area contributed by atoms with Gasteiger partial charge in [-0.25, -0.2) is 0 Å². The van der Waals surface area contributed by atoms with Crippen LogP contribution in [-0.2, 0) is 11.2 Å². The lowest BCUT2D eigenvalue weighted by Crippen LogP contribution is -2.45. The van der Waals surface area contributed by atoms with E-state index in [9.17, 15) is 5.11 Å². The molecule has 2 aliphatic carbocycles. The van der Waals surface area contributed by atoms with Crippen LogP contribution < -0.4 is 0 Å². The third-order valence-corrected chi connectivity index (χ3v) is 8.14. The van der Waals surface area contributed by atoms with Crippen LogP contribution in [0.15, 0.2) is 30.3 Å². The Kier molecular flexibility index (Phi) is 5.88.